The second-order valence-corrected chi connectivity index (χ2v) is 8.55. The molecule has 0 saturated heterocycles. The van der Waals surface area contributed by atoms with Crippen LogP contribution in [0.4, 0.5) is 0 Å². The van der Waals surface area contributed by atoms with Crippen LogP contribution >= 0.6 is 0 Å². The van der Waals surface area contributed by atoms with Crippen molar-refractivity contribution in [3.63, 3.8) is 0 Å². The van der Waals surface area contributed by atoms with Crippen molar-refractivity contribution < 1.29 is 0 Å². The lowest BCUT2D eigenvalue weighted by Crippen LogP contribution is -2.14. The van der Waals surface area contributed by atoms with Gasteiger partial charge in [0, 0.05) is 10.9 Å². The Morgan fingerprint density at radius 3 is 2.25 bits per heavy atom. The Bertz CT molecular complexity index is 927. The van der Waals surface area contributed by atoms with Gasteiger partial charge in [-0.15, -0.1) is 0 Å². The van der Waals surface area contributed by atoms with Gasteiger partial charge in [-0.3, -0.25) is 0 Å². The lowest BCUT2D eigenvalue weighted by Gasteiger charge is -2.29. The van der Waals surface area contributed by atoms with Crippen LogP contribution in [0.1, 0.15) is 75.5 Å². The molecule has 1 aliphatic carbocycles. The van der Waals surface area contributed by atoms with Crippen LogP contribution in [-0.2, 0) is 12.8 Å². The molecule has 1 heterocycles. The third-order valence-electron chi connectivity index (χ3n) is 6.76. The SMILES string of the molecule is CCc1cc(CC)cc(-c2cc(C(C)C3CCCCC3)c3ccccc3n2)c1. The van der Waals surface area contributed by atoms with Crippen LogP contribution in [0.25, 0.3) is 22.2 Å². The number of hydrogen-bond acceptors (Lipinski definition) is 1. The van der Waals surface area contributed by atoms with Crippen molar-refractivity contribution in [2.75, 3.05) is 0 Å². The summed E-state index contributed by atoms with van der Waals surface area (Å²) in [5.74, 6) is 1.40. The van der Waals surface area contributed by atoms with E-state index in [0.29, 0.717) is 5.92 Å². The molecule has 1 unspecified atom stereocenters. The number of aryl methyl sites for hydroxylation is 2. The third-order valence-corrected chi connectivity index (χ3v) is 6.76. The van der Waals surface area contributed by atoms with E-state index in [-0.39, 0.29) is 0 Å². The molecule has 0 amide bonds. The second-order valence-electron chi connectivity index (χ2n) is 8.55. The fourth-order valence-corrected chi connectivity index (χ4v) is 4.93. The maximum atomic E-state index is 5.08. The predicted octanol–water partition coefficient (Wildman–Crippen LogP) is 7.71. The van der Waals surface area contributed by atoms with Crippen molar-refractivity contribution in [3.8, 4) is 11.3 Å². The Kier molecular flexibility index (Phi) is 5.80. The predicted molar refractivity (Wildman–Crippen MR) is 121 cm³/mol. The molecule has 2 aromatic carbocycles. The van der Waals surface area contributed by atoms with E-state index in [1.807, 2.05) is 0 Å². The number of rotatable bonds is 5. The molecule has 3 aromatic rings. The topological polar surface area (TPSA) is 12.9 Å². The van der Waals surface area contributed by atoms with Gasteiger partial charge in [0.05, 0.1) is 11.2 Å². The highest BCUT2D eigenvalue weighted by atomic mass is 14.7. The van der Waals surface area contributed by atoms with E-state index in [1.165, 1.54) is 59.7 Å². The molecule has 146 valence electrons. The summed E-state index contributed by atoms with van der Waals surface area (Å²) in [6, 6.07) is 18.1. The van der Waals surface area contributed by atoms with Gasteiger partial charge in [0.2, 0.25) is 0 Å². The van der Waals surface area contributed by atoms with Crippen molar-refractivity contribution in [1.29, 1.82) is 0 Å². The van der Waals surface area contributed by atoms with Crippen LogP contribution in [0.3, 0.4) is 0 Å². The van der Waals surface area contributed by atoms with E-state index < -0.39 is 0 Å². The molecule has 1 fully saturated rings. The lowest BCUT2D eigenvalue weighted by molar-refractivity contribution is 0.317. The number of para-hydroxylation sites is 1. The van der Waals surface area contributed by atoms with Gasteiger partial charge in [0.1, 0.15) is 0 Å². The van der Waals surface area contributed by atoms with Crippen LogP contribution in [-0.4, -0.2) is 4.98 Å². The number of aromatic nitrogens is 1. The van der Waals surface area contributed by atoms with Gasteiger partial charge in [-0.25, -0.2) is 4.98 Å². The first kappa shape index (κ1) is 19.2. The number of fused-ring (bicyclic) bond motifs is 1. The summed E-state index contributed by atoms with van der Waals surface area (Å²) < 4.78 is 0. The molecule has 0 aliphatic heterocycles. The van der Waals surface area contributed by atoms with Gasteiger partial charge < -0.3 is 0 Å². The molecule has 1 heteroatoms. The summed E-state index contributed by atoms with van der Waals surface area (Å²) in [4.78, 5) is 5.08. The van der Waals surface area contributed by atoms with Gasteiger partial charge in [-0.05, 0) is 78.5 Å². The zero-order valence-electron chi connectivity index (χ0n) is 17.7. The molecular weight excluding hydrogens is 338 g/mol. The van der Waals surface area contributed by atoms with E-state index in [4.69, 9.17) is 4.98 Å². The number of nitrogens with zero attached hydrogens (tertiary/aromatic N) is 1. The Balaban J connectivity index is 1.84. The summed E-state index contributed by atoms with van der Waals surface area (Å²) >= 11 is 0. The molecule has 1 aliphatic rings. The Labute approximate surface area is 170 Å². The first-order chi connectivity index (χ1) is 13.7. The number of hydrogen-bond donors (Lipinski definition) is 0. The third kappa shape index (κ3) is 3.85. The largest absolute Gasteiger partial charge is 0.248 e. The highest BCUT2D eigenvalue weighted by Crippen LogP contribution is 2.39. The zero-order chi connectivity index (χ0) is 19.5. The monoisotopic (exact) mass is 371 g/mol. The molecule has 1 atom stereocenters. The van der Waals surface area contributed by atoms with E-state index in [2.05, 4.69) is 69.3 Å². The van der Waals surface area contributed by atoms with Crippen LogP contribution < -0.4 is 0 Å². The standard InChI is InChI=1S/C27H33N/c1-4-20-15-21(5-2)17-23(16-20)27-18-25(19(3)22-11-7-6-8-12-22)24-13-9-10-14-26(24)28-27/h9-10,13-19,22H,4-8,11-12H2,1-3H3. The second kappa shape index (κ2) is 8.47. The van der Waals surface area contributed by atoms with Gasteiger partial charge >= 0.3 is 0 Å². The van der Waals surface area contributed by atoms with Crippen molar-refractivity contribution in [2.24, 2.45) is 5.92 Å². The normalized spacial score (nSPS) is 16.4. The molecule has 1 aromatic heterocycles. The molecule has 1 nitrogen and oxygen atoms in total. The minimum atomic E-state index is 0.590. The Morgan fingerprint density at radius 2 is 1.57 bits per heavy atom. The minimum absolute atomic E-state index is 0.590. The van der Waals surface area contributed by atoms with Crippen molar-refractivity contribution >= 4 is 10.9 Å². The van der Waals surface area contributed by atoms with Gasteiger partial charge in [-0.1, -0.05) is 64.3 Å². The van der Waals surface area contributed by atoms with E-state index >= 15 is 0 Å². The van der Waals surface area contributed by atoms with E-state index in [1.54, 1.807) is 0 Å². The van der Waals surface area contributed by atoms with E-state index in [9.17, 15) is 0 Å². The van der Waals surface area contributed by atoms with E-state index in [0.717, 1.165) is 30.0 Å². The van der Waals surface area contributed by atoms with Gasteiger partial charge in [-0.2, -0.15) is 0 Å². The molecule has 0 bridgehead atoms. The van der Waals surface area contributed by atoms with Gasteiger partial charge in [0.15, 0.2) is 0 Å². The molecular formula is C27H33N. The van der Waals surface area contributed by atoms with Crippen LogP contribution in [0.15, 0.2) is 48.5 Å². The molecule has 1 saturated carbocycles. The summed E-state index contributed by atoms with van der Waals surface area (Å²) in [5, 5.41) is 1.34. The summed E-state index contributed by atoms with van der Waals surface area (Å²) in [6.45, 7) is 6.92. The lowest BCUT2D eigenvalue weighted by atomic mass is 9.77. The molecule has 0 N–H and O–H groups in total. The highest BCUT2D eigenvalue weighted by Gasteiger charge is 2.23. The Morgan fingerprint density at radius 1 is 0.893 bits per heavy atom. The molecule has 28 heavy (non-hydrogen) atoms. The number of pyridine rings is 1. The fraction of sp³-hybridized carbons (Fsp3) is 0.444. The van der Waals surface area contributed by atoms with Crippen molar-refractivity contribution in [2.45, 2.75) is 71.6 Å². The fourth-order valence-electron chi connectivity index (χ4n) is 4.93. The zero-order valence-corrected chi connectivity index (χ0v) is 17.7. The summed E-state index contributed by atoms with van der Waals surface area (Å²) in [7, 11) is 0. The minimum Gasteiger partial charge on any atom is -0.248 e. The van der Waals surface area contributed by atoms with Crippen molar-refractivity contribution in [1.82, 2.24) is 4.98 Å². The first-order valence-corrected chi connectivity index (χ1v) is 11.2. The summed E-state index contributed by atoms with van der Waals surface area (Å²) in [5.41, 5.74) is 7.86. The van der Waals surface area contributed by atoms with Gasteiger partial charge in [0.25, 0.3) is 0 Å². The Hall–Kier alpha value is -2.15. The maximum Gasteiger partial charge on any atom is 0.0712 e. The maximum absolute atomic E-state index is 5.08. The smallest absolute Gasteiger partial charge is 0.0712 e. The highest BCUT2D eigenvalue weighted by molar-refractivity contribution is 5.85. The summed E-state index contributed by atoms with van der Waals surface area (Å²) in [6.07, 6.45) is 9.08. The average Bonchev–Trinajstić information content (AvgIpc) is 2.78. The molecule has 4 rings (SSSR count). The molecule has 0 radical (unpaired) electrons. The quantitative estimate of drug-likeness (QED) is 0.447. The van der Waals surface area contributed by atoms with Crippen LogP contribution in [0.2, 0.25) is 0 Å². The van der Waals surface area contributed by atoms with Crippen LogP contribution in [0, 0.1) is 5.92 Å². The number of benzene rings is 2. The first-order valence-electron chi connectivity index (χ1n) is 11.2. The average molecular weight is 372 g/mol. The molecule has 0 spiro atoms. The van der Waals surface area contributed by atoms with Crippen molar-refractivity contribution in [3.05, 3.63) is 65.2 Å². The van der Waals surface area contributed by atoms with Crippen LogP contribution in [0.5, 0.6) is 0 Å².